The average Bonchev–Trinajstić information content (AvgIpc) is 1.98. The van der Waals surface area contributed by atoms with Crippen molar-refractivity contribution in [1.82, 2.24) is 0 Å². The molecular weight excluding hydrogens is 293 g/mol. The van der Waals surface area contributed by atoms with Crippen molar-refractivity contribution >= 4 is 69.6 Å². The molecule has 0 radical (unpaired) electrons. The van der Waals surface area contributed by atoms with Crippen LogP contribution in [0.4, 0.5) is 0 Å². The van der Waals surface area contributed by atoms with Crippen molar-refractivity contribution < 1.29 is 9.78 Å². The molecule has 12 heavy (non-hydrogen) atoms. The summed E-state index contributed by atoms with van der Waals surface area (Å²) in [6.45, 7) is 0. The molecule has 0 unspecified atom stereocenters. The van der Waals surface area contributed by atoms with E-state index >= 15 is 0 Å². The van der Waals surface area contributed by atoms with E-state index in [-0.39, 0.29) is 19.4 Å². The molecule has 0 aliphatic rings. The molecule has 0 rings (SSSR count). The zero-order valence-electron chi connectivity index (χ0n) is 5.08. The maximum atomic E-state index is 5.27. The maximum absolute atomic E-state index is 5.27. The Bertz CT molecular complexity index is 190. The van der Waals surface area contributed by atoms with E-state index in [1.807, 2.05) is 0 Å². The molecule has 0 aliphatic carbocycles. The molecule has 0 aliphatic heterocycles. The summed E-state index contributed by atoms with van der Waals surface area (Å²) < 4.78 is -0.626. The summed E-state index contributed by atoms with van der Waals surface area (Å²) in [5.41, 5.74) is 0. The van der Waals surface area contributed by atoms with E-state index in [9.17, 15) is 0 Å². The number of hydrogen-bond donors (Lipinski definition) is 0. The summed E-state index contributed by atoms with van der Waals surface area (Å²) in [6.07, 6.45) is 0. The topological polar surface area (TPSA) is 18.5 Å². The highest BCUT2D eigenvalue weighted by Crippen LogP contribution is 2.24. The third kappa shape index (κ3) is 5.46. The molecule has 0 saturated carbocycles. The SMILES string of the molecule is ClC(Cl)=C(Cl)OOC(Cl)=C(Cl)Cl. The normalized spacial score (nSPS) is 8.83. The Morgan fingerprint density at radius 2 is 0.833 bits per heavy atom. The van der Waals surface area contributed by atoms with Crippen molar-refractivity contribution in [3.8, 4) is 0 Å². The van der Waals surface area contributed by atoms with Crippen molar-refractivity contribution in [2.45, 2.75) is 0 Å². The van der Waals surface area contributed by atoms with Gasteiger partial charge in [0.2, 0.25) is 0 Å². The van der Waals surface area contributed by atoms with Gasteiger partial charge in [0, 0.05) is 0 Å². The van der Waals surface area contributed by atoms with Gasteiger partial charge in [0.25, 0.3) is 10.4 Å². The van der Waals surface area contributed by atoms with Crippen LogP contribution in [-0.4, -0.2) is 0 Å². The van der Waals surface area contributed by atoms with Crippen LogP contribution < -0.4 is 0 Å². The van der Waals surface area contributed by atoms with E-state index in [0.29, 0.717) is 0 Å². The molecule has 0 fully saturated rings. The largest absolute Gasteiger partial charge is 0.275 e. The van der Waals surface area contributed by atoms with Crippen molar-refractivity contribution in [1.29, 1.82) is 0 Å². The Morgan fingerprint density at radius 3 is 1.00 bits per heavy atom. The maximum Gasteiger partial charge on any atom is 0.275 e. The van der Waals surface area contributed by atoms with Gasteiger partial charge < -0.3 is 0 Å². The Hall–Kier alpha value is 0.820. The third-order valence-electron chi connectivity index (χ3n) is 0.485. The molecule has 0 spiro atoms. The highest BCUT2D eigenvalue weighted by Gasteiger charge is 2.05. The summed E-state index contributed by atoms with van der Waals surface area (Å²) in [4.78, 5) is 8.50. The second kappa shape index (κ2) is 6.30. The van der Waals surface area contributed by atoms with Crippen molar-refractivity contribution in [3.63, 3.8) is 0 Å². The molecule has 0 aromatic heterocycles. The lowest BCUT2D eigenvalue weighted by atomic mass is 11.1. The third-order valence-corrected chi connectivity index (χ3v) is 2.06. The molecule has 0 saturated heterocycles. The van der Waals surface area contributed by atoms with Crippen molar-refractivity contribution in [2.75, 3.05) is 0 Å². The molecule has 70 valence electrons. The zero-order chi connectivity index (χ0) is 9.72. The van der Waals surface area contributed by atoms with Gasteiger partial charge in [-0.05, 0) is 23.2 Å². The second-order valence-corrected chi connectivity index (χ2v) is 3.82. The first-order valence-corrected chi connectivity index (χ1v) is 4.48. The highest BCUT2D eigenvalue weighted by atomic mass is 35.5. The summed E-state index contributed by atoms with van der Waals surface area (Å²) in [6, 6.07) is 0. The fourth-order valence-electron chi connectivity index (χ4n) is 0.136. The van der Waals surface area contributed by atoms with Crippen molar-refractivity contribution in [3.05, 3.63) is 19.4 Å². The van der Waals surface area contributed by atoms with Gasteiger partial charge in [0.05, 0.1) is 0 Å². The van der Waals surface area contributed by atoms with Crippen LogP contribution in [-0.2, 0) is 9.78 Å². The Labute approximate surface area is 98.4 Å². The van der Waals surface area contributed by atoms with E-state index in [2.05, 4.69) is 9.78 Å². The average molecular weight is 293 g/mol. The first-order valence-electron chi connectivity index (χ1n) is 2.21. The van der Waals surface area contributed by atoms with Gasteiger partial charge in [-0.15, -0.1) is 0 Å². The minimum Gasteiger partial charge on any atom is -0.274 e. The van der Waals surface area contributed by atoms with Crippen LogP contribution >= 0.6 is 69.6 Å². The molecule has 8 heteroatoms. The molecule has 0 bridgehead atoms. The lowest BCUT2D eigenvalue weighted by Gasteiger charge is -2.01. The Morgan fingerprint density at radius 1 is 0.583 bits per heavy atom. The summed E-state index contributed by atoms with van der Waals surface area (Å²) >= 11 is 31.2. The zero-order valence-corrected chi connectivity index (χ0v) is 9.62. The first-order chi connectivity index (χ1) is 5.45. The molecule has 2 nitrogen and oxygen atoms in total. The highest BCUT2D eigenvalue weighted by molar-refractivity contribution is 6.59. The molecular formula is C4Cl6O2. The van der Waals surface area contributed by atoms with Crippen molar-refractivity contribution in [2.24, 2.45) is 0 Å². The van der Waals surface area contributed by atoms with E-state index in [1.165, 1.54) is 0 Å². The molecule has 0 amide bonds. The van der Waals surface area contributed by atoms with Crippen LogP contribution in [0, 0.1) is 0 Å². The summed E-state index contributed by atoms with van der Waals surface area (Å²) in [7, 11) is 0. The quantitative estimate of drug-likeness (QED) is 0.429. The minimum atomic E-state index is -0.383. The van der Waals surface area contributed by atoms with Gasteiger partial charge in [0.1, 0.15) is 0 Å². The lowest BCUT2D eigenvalue weighted by Crippen LogP contribution is -1.87. The van der Waals surface area contributed by atoms with E-state index in [4.69, 9.17) is 69.6 Å². The predicted octanol–water partition coefficient (Wildman–Crippen LogP) is 4.62. The van der Waals surface area contributed by atoms with E-state index < -0.39 is 0 Å². The molecule has 0 N–H and O–H groups in total. The second-order valence-electron chi connectivity index (χ2n) is 1.23. The fraction of sp³-hybridized carbons (Fsp3) is 0. The van der Waals surface area contributed by atoms with Crippen LogP contribution in [0.25, 0.3) is 0 Å². The number of halogens is 6. The van der Waals surface area contributed by atoms with Crippen LogP contribution in [0.15, 0.2) is 19.4 Å². The van der Waals surface area contributed by atoms with E-state index in [1.54, 1.807) is 0 Å². The molecule has 0 heterocycles. The lowest BCUT2D eigenvalue weighted by molar-refractivity contribution is -0.208. The van der Waals surface area contributed by atoms with Crippen LogP contribution in [0.3, 0.4) is 0 Å². The first kappa shape index (κ1) is 12.8. The van der Waals surface area contributed by atoms with E-state index in [0.717, 1.165) is 0 Å². The Kier molecular flexibility index (Phi) is 6.73. The smallest absolute Gasteiger partial charge is 0.274 e. The number of hydrogen-bond acceptors (Lipinski definition) is 2. The summed E-state index contributed by atoms with van der Waals surface area (Å²) in [5.74, 6) is 0. The van der Waals surface area contributed by atoms with Gasteiger partial charge >= 0.3 is 0 Å². The summed E-state index contributed by atoms with van der Waals surface area (Å²) in [5, 5.41) is -0.767. The van der Waals surface area contributed by atoms with Gasteiger partial charge in [0.15, 0.2) is 8.98 Å². The van der Waals surface area contributed by atoms with Gasteiger partial charge in [-0.1, -0.05) is 46.4 Å². The molecule has 0 atom stereocenters. The Balaban J connectivity index is 4.03. The van der Waals surface area contributed by atoms with Crippen LogP contribution in [0.1, 0.15) is 0 Å². The van der Waals surface area contributed by atoms with Gasteiger partial charge in [-0.25, -0.2) is 0 Å². The van der Waals surface area contributed by atoms with Crippen LogP contribution in [0.5, 0.6) is 0 Å². The molecule has 0 aromatic carbocycles. The standard InChI is InChI=1S/C4Cl6O2/c5-1(6)3(9)11-12-4(10)2(7)8. The number of rotatable bonds is 3. The van der Waals surface area contributed by atoms with Gasteiger partial charge in [-0.3, -0.25) is 9.78 Å². The van der Waals surface area contributed by atoms with Crippen LogP contribution in [0.2, 0.25) is 0 Å². The predicted molar refractivity (Wildman–Crippen MR) is 51.3 cm³/mol. The molecule has 0 aromatic rings. The fourth-order valence-corrected chi connectivity index (χ4v) is 0.325. The van der Waals surface area contributed by atoms with Gasteiger partial charge in [-0.2, -0.15) is 0 Å². The minimum absolute atomic E-state index is 0.313. The monoisotopic (exact) mass is 290 g/mol.